The number of amides is 2. The van der Waals surface area contributed by atoms with Gasteiger partial charge in [-0.3, -0.25) is 4.90 Å². The number of carbonyl (C=O) groups is 2. The maximum atomic E-state index is 11.8. The molecule has 7 heteroatoms. The van der Waals surface area contributed by atoms with E-state index < -0.39 is 41.2 Å². The number of piperazine rings is 1. The van der Waals surface area contributed by atoms with Gasteiger partial charge in [-0.2, -0.15) is 0 Å². The van der Waals surface area contributed by atoms with Gasteiger partial charge >= 0.3 is 12.2 Å². The summed E-state index contributed by atoms with van der Waals surface area (Å²) in [6.45, 7) is 10.8. The van der Waals surface area contributed by atoms with Crippen LogP contribution in [0.3, 0.4) is 0 Å². The minimum Gasteiger partial charge on any atom is -0.465 e. The van der Waals surface area contributed by atoms with Gasteiger partial charge in [0, 0.05) is 13.1 Å². The summed E-state index contributed by atoms with van der Waals surface area (Å²) in [6, 6.07) is -0.660. The lowest BCUT2D eigenvalue weighted by Gasteiger charge is -2.62. The van der Waals surface area contributed by atoms with Crippen molar-refractivity contribution in [1.29, 1.82) is 0 Å². The second kappa shape index (κ2) is 5.61. The van der Waals surface area contributed by atoms with Crippen molar-refractivity contribution in [3.05, 3.63) is 0 Å². The molecule has 1 saturated heterocycles. The first-order valence-electron chi connectivity index (χ1n) is 7.41. The topological polar surface area (TPSA) is 101 Å². The van der Waals surface area contributed by atoms with Crippen molar-refractivity contribution in [2.45, 2.75) is 53.1 Å². The Labute approximate surface area is 131 Å². The Kier molecular flexibility index (Phi) is 4.73. The number of carboxylic acid groups (broad SMARTS) is 2. The number of hydrogen-bond acceptors (Lipinski definition) is 3. The Morgan fingerprint density at radius 3 is 1.82 bits per heavy atom. The molecule has 22 heavy (non-hydrogen) atoms. The van der Waals surface area contributed by atoms with Crippen molar-refractivity contribution in [1.82, 2.24) is 9.80 Å². The largest absolute Gasteiger partial charge is 0.465 e. The minimum atomic E-state index is -1.21. The number of hydrogen-bond donors (Lipinski definition) is 3. The molecule has 0 aromatic rings. The lowest BCUT2D eigenvalue weighted by molar-refractivity contribution is -0.141. The van der Waals surface area contributed by atoms with Crippen LogP contribution in [0.25, 0.3) is 0 Å². The molecule has 128 valence electrons. The van der Waals surface area contributed by atoms with Crippen molar-refractivity contribution in [3.63, 3.8) is 0 Å². The van der Waals surface area contributed by atoms with Crippen LogP contribution >= 0.6 is 0 Å². The number of rotatable bonds is 1. The van der Waals surface area contributed by atoms with Gasteiger partial charge in [0.25, 0.3) is 0 Å². The summed E-state index contributed by atoms with van der Waals surface area (Å²) in [4.78, 5) is 26.0. The predicted molar refractivity (Wildman–Crippen MR) is 82.0 cm³/mol. The van der Waals surface area contributed by atoms with Crippen molar-refractivity contribution < 1.29 is 24.9 Å². The molecule has 2 amide bonds. The fourth-order valence-electron chi connectivity index (χ4n) is 3.82. The molecule has 0 aromatic carbocycles. The molecule has 1 unspecified atom stereocenters. The average molecular weight is 316 g/mol. The predicted octanol–water partition coefficient (Wildman–Crippen LogP) is 2.15. The molecule has 0 aromatic heterocycles. The lowest BCUT2D eigenvalue weighted by atomic mass is 9.60. The first-order chi connectivity index (χ1) is 9.80. The molecule has 0 saturated carbocycles. The van der Waals surface area contributed by atoms with Gasteiger partial charge in [0.05, 0.1) is 18.2 Å². The molecular formula is C15H28N2O5. The summed E-state index contributed by atoms with van der Waals surface area (Å²) in [7, 11) is 0. The van der Waals surface area contributed by atoms with Crippen molar-refractivity contribution >= 4 is 12.2 Å². The van der Waals surface area contributed by atoms with E-state index in [9.17, 15) is 24.9 Å². The molecule has 1 rings (SSSR count). The summed E-state index contributed by atoms with van der Waals surface area (Å²) in [5.41, 5.74) is -2.40. The zero-order valence-electron chi connectivity index (χ0n) is 14.3. The van der Waals surface area contributed by atoms with Crippen LogP contribution in [0.2, 0.25) is 0 Å². The summed E-state index contributed by atoms with van der Waals surface area (Å²) < 4.78 is 0. The Bertz CT molecular complexity index is 452. The maximum absolute atomic E-state index is 11.8. The standard InChI is InChI=1S/C15H28N2O5/c1-13(2,3)10-15(9-18,14(4,5)6)17(12(21)22)8-7-16(10)11(19)20/h10,18H,7-9H2,1-6H3,(H,19,20)(H,21,22)/t10?,15-/m0/s1. The Balaban J connectivity index is 3.66. The Hall–Kier alpha value is -1.50. The van der Waals surface area contributed by atoms with Gasteiger partial charge < -0.3 is 20.2 Å². The molecule has 1 aliphatic heterocycles. The van der Waals surface area contributed by atoms with E-state index in [1.54, 1.807) is 0 Å². The third-order valence-electron chi connectivity index (χ3n) is 4.65. The molecule has 7 nitrogen and oxygen atoms in total. The second-order valence-electron chi connectivity index (χ2n) is 8.01. The van der Waals surface area contributed by atoms with Crippen LogP contribution in [0.4, 0.5) is 9.59 Å². The van der Waals surface area contributed by atoms with E-state index in [0.717, 1.165) is 0 Å². The summed E-state index contributed by atoms with van der Waals surface area (Å²) >= 11 is 0. The van der Waals surface area contributed by atoms with Crippen molar-refractivity contribution in [2.75, 3.05) is 19.7 Å². The van der Waals surface area contributed by atoms with E-state index in [0.29, 0.717) is 0 Å². The zero-order chi connectivity index (χ0) is 17.5. The minimum absolute atomic E-state index is 0.0477. The lowest BCUT2D eigenvalue weighted by Crippen LogP contribution is -2.78. The molecule has 0 radical (unpaired) electrons. The van der Waals surface area contributed by atoms with Crippen LogP contribution in [-0.4, -0.2) is 68.6 Å². The highest BCUT2D eigenvalue weighted by Gasteiger charge is 2.62. The molecule has 0 bridgehead atoms. The van der Waals surface area contributed by atoms with Crippen LogP contribution in [0, 0.1) is 10.8 Å². The Morgan fingerprint density at radius 1 is 1.05 bits per heavy atom. The first kappa shape index (κ1) is 18.5. The number of aliphatic hydroxyl groups is 1. The molecule has 1 heterocycles. The van der Waals surface area contributed by atoms with E-state index in [2.05, 4.69) is 0 Å². The molecular weight excluding hydrogens is 288 g/mol. The maximum Gasteiger partial charge on any atom is 0.407 e. The molecule has 1 aliphatic rings. The normalized spacial score (nSPS) is 27.0. The highest BCUT2D eigenvalue weighted by molar-refractivity contribution is 5.70. The van der Waals surface area contributed by atoms with Gasteiger partial charge in [-0.05, 0) is 10.8 Å². The zero-order valence-corrected chi connectivity index (χ0v) is 14.3. The average Bonchev–Trinajstić information content (AvgIpc) is 2.33. The molecule has 0 spiro atoms. The molecule has 2 atom stereocenters. The third kappa shape index (κ3) is 2.74. The first-order valence-corrected chi connectivity index (χ1v) is 7.41. The van der Waals surface area contributed by atoms with E-state index in [-0.39, 0.29) is 13.1 Å². The van der Waals surface area contributed by atoms with Crippen LogP contribution in [-0.2, 0) is 0 Å². The van der Waals surface area contributed by atoms with Gasteiger partial charge in [-0.15, -0.1) is 0 Å². The van der Waals surface area contributed by atoms with Crippen LogP contribution < -0.4 is 0 Å². The summed E-state index contributed by atoms with van der Waals surface area (Å²) in [6.07, 6.45) is -2.23. The highest BCUT2D eigenvalue weighted by atomic mass is 16.4. The van der Waals surface area contributed by atoms with Gasteiger partial charge in [0.1, 0.15) is 0 Å². The SMILES string of the molecule is CC(C)(C)C1N(C(=O)O)CCN(C(=O)O)[C@]1(CO)C(C)(C)C. The number of nitrogens with zero attached hydrogens (tertiary/aromatic N) is 2. The third-order valence-corrected chi connectivity index (χ3v) is 4.65. The highest BCUT2D eigenvalue weighted by Crippen LogP contribution is 2.48. The van der Waals surface area contributed by atoms with Crippen molar-refractivity contribution in [3.8, 4) is 0 Å². The molecule has 0 aliphatic carbocycles. The smallest absolute Gasteiger partial charge is 0.407 e. The van der Waals surface area contributed by atoms with E-state index in [1.165, 1.54) is 9.80 Å². The summed E-state index contributed by atoms with van der Waals surface area (Å²) in [5, 5.41) is 29.4. The summed E-state index contributed by atoms with van der Waals surface area (Å²) in [5.74, 6) is 0. The molecule has 3 N–H and O–H groups in total. The van der Waals surface area contributed by atoms with Gasteiger partial charge in [0.2, 0.25) is 0 Å². The van der Waals surface area contributed by atoms with E-state index >= 15 is 0 Å². The van der Waals surface area contributed by atoms with E-state index in [4.69, 9.17) is 0 Å². The van der Waals surface area contributed by atoms with E-state index in [1.807, 2.05) is 41.5 Å². The second-order valence-corrected chi connectivity index (χ2v) is 8.01. The molecule has 1 fully saturated rings. The van der Waals surface area contributed by atoms with Gasteiger partial charge in [0.15, 0.2) is 0 Å². The van der Waals surface area contributed by atoms with Crippen LogP contribution in [0.5, 0.6) is 0 Å². The van der Waals surface area contributed by atoms with Gasteiger partial charge in [-0.25, -0.2) is 9.59 Å². The fourth-order valence-corrected chi connectivity index (χ4v) is 3.82. The Morgan fingerprint density at radius 2 is 1.55 bits per heavy atom. The number of aliphatic hydroxyl groups excluding tert-OH is 1. The van der Waals surface area contributed by atoms with Crippen molar-refractivity contribution in [2.24, 2.45) is 10.8 Å². The fraction of sp³-hybridized carbons (Fsp3) is 0.867. The quantitative estimate of drug-likeness (QED) is 0.688. The monoisotopic (exact) mass is 316 g/mol. The van der Waals surface area contributed by atoms with Gasteiger partial charge in [-0.1, -0.05) is 41.5 Å². The van der Waals surface area contributed by atoms with Crippen LogP contribution in [0.1, 0.15) is 41.5 Å². The van der Waals surface area contributed by atoms with Crippen LogP contribution in [0.15, 0.2) is 0 Å².